The number of fused-ring (bicyclic) bond motifs is 1. The summed E-state index contributed by atoms with van der Waals surface area (Å²) in [7, 11) is 0. The van der Waals surface area contributed by atoms with E-state index in [4.69, 9.17) is 16.9 Å². The van der Waals surface area contributed by atoms with Crippen molar-refractivity contribution in [1.82, 2.24) is 20.3 Å². The Morgan fingerprint density at radius 3 is 2.96 bits per heavy atom. The molecule has 2 heterocycles. The van der Waals surface area contributed by atoms with Crippen LogP contribution in [-0.2, 0) is 6.42 Å². The number of nitrogen functional groups attached to an aromatic ring is 1. The molecule has 0 unspecified atom stereocenters. The fourth-order valence-electron chi connectivity index (χ4n) is 2.51. The Bertz CT molecular complexity index is 837. The van der Waals surface area contributed by atoms with Crippen LogP contribution in [0.1, 0.15) is 12.1 Å². The Balaban J connectivity index is 1.84. The zero-order chi connectivity index (χ0) is 16.2. The number of nitrogens with two attached hydrogens (primary N) is 2. The lowest BCUT2D eigenvalue weighted by Crippen LogP contribution is -2.31. The van der Waals surface area contributed by atoms with Crippen LogP contribution in [0.2, 0.25) is 0 Å². The second kappa shape index (κ2) is 6.35. The number of hydrogen-bond acceptors (Lipinski definition) is 4. The third-order valence-corrected chi connectivity index (χ3v) is 3.65. The summed E-state index contributed by atoms with van der Waals surface area (Å²) in [4.78, 5) is 12.2. The van der Waals surface area contributed by atoms with E-state index in [1.165, 1.54) is 0 Å². The van der Waals surface area contributed by atoms with Crippen LogP contribution >= 0.6 is 0 Å². The van der Waals surface area contributed by atoms with E-state index >= 15 is 0 Å². The van der Waals surface area contributed by atoms with Crippen LogP contribution in [0, 0.1) is 5.41 Å². The van der Waals surface area contributed by atoms with E-state index in [1.807, 2.05) is 24.4 Å². The average Bonchev–Trinajstić information content (AvgIpc) is 2.97. The topological polar surface area (TPSA) is 129 Å². The summed E-state index contributed by atoms with van der Waals surface area (Å²) in [6.07, 6.45) is 5.08. The SMILES string of the molecule is N=C(N)NCCCc1nc(-c2c[nH]c3ccccc23)cnc1N. The van der Waals surface area contributed by atoms with Crippen molar-refractivity contribution in [2.45, 2.75) is 12.8 Å². The van der Waals surface area contributed by atoms with Crippen LogP contribution in [0.25, 0.3) is 22.2 Å². The summed E-state index contributed by atoms with van der Waals surface area (Å²) >= 11 is 0. The minimum atomic E-state index is -0.0309. The van der Waals surface area contributed by atoms with Crippen molar-refractivity contribution < 1.29 is 0 Å². The van der Waals surface area contributed by atoms with E-state index in [1.54, 1.807) is 6.20 Å². The molecule has 2 aromatic heterocycles. The lowest BCUT2D eigenvalue weighted by molar-refractivity contribution is 0.753. The van der Waals surface area contributed by atoms with Crippen LogP contribution in [0.4, 0.5) is 5.82 Å². The molecule has 0 saturated heterocycles. The summed E-state index contributed by atoms with van der Waals surface area (Å²) in [5.74, 6) is 0.410. The third kappa shape index (κ3) is 3.23. The molecule has 1 aromatic carbocycles. The fraction of sp³-hybridized carbons (Fsp3) is 0.188. The van der Waals surface area contributed by atoms with Gasteiger partial charge in [0.15, 0.2) is 5.96 Å². The molecule has 0 bridgehead atoms. The number of aryl methyl sites for hydroxylation is 1. The van der Waals surface area contributed by atoms with Gasteiger partial charge in [0.1, 0.15) is 5.82 Å². The van der Waals surface area contributed by atoms with E-state index in [0.29, 0.717) is 18.8 Å². The van der Waals surface area contributed by atoms with Crippen molar-refractivity contribution in [3.8, 4) is 11.3 Å². The number of guanidine groups is 1. The molecule has 118 valence electrons. The monoisotopic (exact) mass is 309 g/mol. The number of rotatable bonds is 5. The normalized spacial score (nSPS) is 10.8. The minimum Gasteiger partial charge on any atom is -0.382 e. The molecule has 3 aromatic rings. The Hall–Kier alpha value is -3.09. The second-order valence-electron chi connectivity index (χ2n) is 5.28. The molecule has 7 nitrogen and oxygen atoms in total. The molecule has 0 saturated carbocycles. The standard InChI is InChI=1S/C16H19N7/c17-15-13(6-3-7-20-16(18)19)23-14(9-22-15)11-8-21-12-5-2-1-4-10(11)12/h1-2,4-5,8-9,21H,3,6-7H2,(H2,17,22)(H4,18,19,20). The zero-order valence-corrected chi connectivity index (χ0v) is 12.6. The third-order valence-electron chi connectivity index (χ3n) is 3.65. The summed E-state index contributed by atoms with van der Waals surface area (Å²) < 4.78 is 0. The van der Waals surface area contributed by atoms with Gasteiger partial charge < -0.3 is 21.8 Å². The van der Waals surface area contributed by atoms with Crippen molar-refractivity contribution in [1.29, 1.82) is 5.41 Å². The van der Waals surface area contributed by atoms with Gasteiger partial charge >= 0.3 is 0 Å². The molecule has 0 aliphatic rings. The lowest BCUT2D eigenvalue weighted by atomic mass is 10.1. The van der Waals surface area contributed by atoms with Crippen LogP contribution in [0.3, 0.4) is 0 Å². The maximum Gasteiger partial charge on any atom is 0.185 e. The number of aromatic nitrogens is 3. The van der Waals surface area contributed by atoms with E-state index in [9.17, 15) is 0 Å². The van der Waals surface area contributed by atoms with E-state index in [-0.39, 0.29) is 5.96 Å². The van der Waals surface area contributed by atoms with Crippen molar-refractivity contribution in [2.24, 2.45) is 5.73 Å². The van der Waals surface area contributed by atoms with Crippen molar-refractivity contribution in [2.75, 3.05) is 12.3 Å². The molecule has 0 fully saturated rings. The number of aromatic amines is 1. The number of nitrogens with zero attached hydrogens (tertiary/aromatic N) is 2. The first-order valence-electron chi connectivity index (χ1n) is 7.41. The van der Waals surface area contributed by atoms with E-state index in [0.717, 1.165) is 34.3 Å². The minimum absolute atomic E-state index is 0.0309. The predicted octanol–water partition coefficient (Wildman–Crippen LogP) is 1.62. The Labute approximate surface area is 133 Å². The first-order chi connectivity index (χ1) is 11.1. The molecular formula is C16H19N7. The van der Waals surface area contributed by atoms with Crippen molar-refractivity contribution >= 4 is 22.7 Å². The molecule has 0 radical (unpaired) electrons. The first-order valence-corrected chi connectivity index (χ1v) is 7.41. The molecule has 23 heavy (non-hydrogen) atoms. The molecule has 7 heteroatoms. The van der Waals surface area contributed by atoms with Gasteiger partial charge in [0.05, 0.1) is 17.6 Å². The highest BCUT2D eigenvalue weighted by molar-refractivity contribution is 5.94. The summed E-state index contributed by atoms with van der Waals surface area (Å²) in [5, 5.41) is 11.0. The second-order valence-corrected chi connectivity index (χ2v) is 5.28. The molecule has 7 N–H and O–H groups in total. The van der Waals surface area contributed by atoms with E-state index < -0.39 is 0 Å². The number of anilines is 1. The number of nitrogens with one attached hydrogen (secondary N) is 3. The summed E-state index contributed by atoms with van der Waals surface area (Å²) in [6.45, 7) is 0.605. The lowest BCUT2D eigenvalue weighted by Gasteiger charge is -2.07. The Morgan fingerprint density at radius 2 is 2.13 bits per heavy atom. The highest BCUT2D eigenvalue weighted by Gasteiger charge is 2.10. The summed E-state index contributed by atoms with van der Waals surface area (Å²) in [5.41, 5.74) is 14.8. The Morgan fingerprint density at radius 1 is 1.30 bits per heavy atom. The van der Waals surface area contributed by atoms with Gasteiger partial charge in [-0.1, -0.05) is 18.2 Å². The highest BCUT2D eigenvalue weighted by atomic mass is 15.0. The van der Waals surface area contributed by atoms with Gasteiger partial charge in [0, 0.05) is 29.2 Å². The summed E-state index contributed by atoms with van der Waals surface area (Å²) in [6, 6.07) is 8.07. The zero-order valence-electron chi connectivity index (χ0n) is 12.6. The molecule has 0 aliphatic heterocycles. The first kappa shape index (κ1) is 14.8. The van der Waals surface area contributed by atoms with Crippen LogP contribution in [0.5, 0.6) is 0 Å². The fourth-order valence-corrected chi connectivity index (χ4v) is 2.51. The van der Waals surface area contributed by atoms with Crippen LogP contribution in [-0.4, -0.2) is 27.5 Å². The van der Waals surface area contributed by atoms with Gasteiger partial charge in [0.2, 0.25) is 0 Å². The largest absolute Gasteiger partial charge is 0.382 e. The van der Waals surface area contributed by atoms with Gasteiger partial charge in [-0.15, -0.1) is 0 Å². The Kier molecular flexibility index (Phi) is 4.09. The average molecular weight is 309 g/mol. The smallest absolute Gasteiger partial charge is 0.185 e. The molecule has 0 spiro atoms. The number of hydrogen-bond donors (Lipinski definition) is 5. The molecule has 0 aliphatic carbocycles. The van der Waals surface area contributed by atoms with Gasteiger partial charge in [-0.25, -0.2) is 9.97 Å². The highest BCUT2D eigenvalue weighted by Crippen LogP contribution is 2.27. The maximum absolute atomic E-state index is 7.14. The molecule has 0 atom stereocenters. The molecule has 0 amide bonds. The number of H-pyrrole nitrogens is 1. The van der Waals surface area contributed by atoms with Gasteiger partial charge in [0.25, 0.3) is 0 Å². The molecular weight excluding hydrogens is 290 g/mol. The predicted molar refractivity (Wildman–Crippen MR) is 92.0 cm³/mol. The number of para-hydroxylation sites is 1. The van der Waals surface area contributed by atoms with Crippen molar-refractivity contribution in [3.05, 3.63) is 42.4 Å². The van der Waals surface area contributed by atoms with Crippen LogP contribution < -0.4 is 16.8 Å². The van der Waals surface area contributed by atoms with Crippen molar-refractivity contribution in [3.63, 3.8) is 0 Å². The van der Waals surface area contributed by atoms with Crippen LogP contribution in [0.15, 0.2) is 36.7 Å². The van der Waals surface area contributed by atoms with E-state index in [2.05, 4.69) is 26.3 Å². The van der Waals surface area contributed by atoms with Gasteiger partial charge in [-0.3, -0.25) is 5.41 Å². The van der Waals surface area contributed by atoms with Gasteiger partial charge in [-0.2, -0.15) is 0 Å². The maximum atomic E-state index is 7.14. The quantitative estimate of drug-likeness (QED) is 0.278. The number of benzene rings is 1. The van der Waals surface area contributed by atoms with Gasteiger partial charge in [-0.05, 0) is 18.9 Å². The molecule has 3 rings (SSSR count).